The van der Waals surface area contributed by atoms with Crippen molar-refractivity contribution in [1.29, 1.82) is 0 Å². The van der Waals surface area contributed by atoms with Gasteiger partial charge in [-0.2, -0.15) is 0 Å². The van der Waals surface area contributed by atoms with Gasteiger partial charge in [0.15, 0.2) is 0 Å². The number of piperidine rings is 1. The van der Waals surface area contributed by atoms with Gasteiger partial charge in [-0.3, -0.25) is 19.3 Å². The van der Waals surface area contributed by atoms with Crippen LogP contribution in [-0.2, 0) is 20.8 Å². The number of hydrogen-bond acceptors (Lipinski definition) is 4. The predicted molar refractivity (Wildman–Crippen MR) is 119 cm³/mol. The van der Waals surface area contributed by atoms with Crippen molar-refractivity contribution >= 4 is 23.4 Å². The summed E-state index contributed by atoms with van der Waals surface area (Å²) in [4.78, 5) is 41.2. The van der Waals surface area contributed by atoms with Gasteiger partial charge in [-0.25, -0.2) is 0 Å². The standard InChI is InChI=1S/C23H36N4O3/c1-5-13-24-22(29)19-11-9-14-27(15-19)17(3)23(30)26(4)16-21(28)25-20-12-8-7-10-18(20)6-2/h7-8,10,12,17,19H,5-6,9,11,13-16H2,1-4H3,(H,24,29)(H,25,28)/t17-,19+/m0/s1. The molecule has 30 heavy (non-hydrogen) atoms. The van der Waals surface area contributed by atoms with E-state index in [-0.39, 0.29) is 36.2 Å². The number of carbonyl (C=O) groups is 3. The molecule has 0 aliphatic carbocycles. The Morgan fingerprint density at radius 2 is 1.97 bits per heavy atom. The fraction of sp³-hybridized carbons (Fsp3) is 0.609. The number of rotatable bonds is 9. The molecule has 2 rings (SSSR count). The highest BCUT2D eigenvalue weighted by Crippen LogP contribution is 2.20. The molecule has 0 aromatic heterocycles. The smallest absolute Gasteiger partial charge is 0.243 e. The highest BCUT2D eigenvalue weighted by atomic mass is 16.2. The minimum absolute atomic E-state index is 0.00449. The van der Waals surface area contributed by atoms with Gasteiger partial charge in [-0.05, 0) is 50.8 Å². The molecule has 7 nitrogen and oxygen atoms in total. The summed E-state index contributed by atoms with van der Waals surface area (Å²) in [6, 6.07) is 7.32. The Morgan fingerprint density at radius 1 is 1.23 bits per heavy atom. The van der Waals surface area contributed by atoms with Crippen LogP contribution in [0.1, 0.15) is 45.6 Å². The number of nitrogens with one attached hydrogen (secondary N) is 2. The summed E-state index contributed by atoms with van der Waals surface area (Å²) in [5, 5.41) is 5.87. The van der Waals surface area contributed by atoms with Gasteiger partial charge in [0, 0.05) is 25.8 Å². The Balaban J connectivity index is 1.89. The third-order valence-electron chi connectivity index (χ3n) is 5.71. The van der Waals surface area contributed by atoms with Gasteiger partial charge in [-0.1, -0.05) is 32.0 Å². The van der Waals surface area contributed by atoms with E-state index in [9.17, 15) is 14.4 Å². The van der Waals surface area contributed by atoms with Crippen LogP contribution >= 0.6 is 0 Å². The highest BCUT2D eigenvalue weighted by molar-refractivity contribution is 5.95. The number of carbonyl (C=O) groups excluding carboxylic acids is 3. The molecule has 3 amide bonds. The lowest BCUT2D eigenvalue weighted by Crippen LogP contribution is -2.52. The molecular weight excluding hydrogens is 380 g/mol. The predicted octanol–water partition coefficient (Wildman–Crippen LogP) is 2.27. The lowest BCUT2D eigenvalue weighted by molar-refractivity contribution is -0.139. The lowest BCUT2D eigenvalue weighted by Gasteiger charge is -2.36. The van der Waals surface area contributed by atoms with Crippen LogP contribution in [0.5, 0.6) is 0 Å². The van der Waals surface area contributed by atoms with Crippen LogP contribution in [0, 0.1) is 5.92 Å². The van der Waals surface area contributed by atoms with E-state index in [4.69, 9.17) is 0 Å². The molecule has 1 aliphatic heterocycles. The van der Waals surface area contributed by atoms with Crippen molar-refractivity contribution in [3.63, 3.8) is 0 Å². The van der Waals surface area contributed by atoms with Gasteiger partial charge < -0.3 is 15.5 Å². The second-order valence-corrected chi connectivity index (χ2v) is 8.05. The first-order valence-corrected chi connectivity index (χ1v) is 11.0. The van der Waals surface area contributed by atoms with E-state index < -0.39 is 0 Å². The van der Waals surface area contributed by atoms with Gasteiger partial charge in [0.25, 0.3) is 0 Å². The fourth-order valence-electron chi connectivity index (χ4n) is 3.87. The number of anilines is 1. The Labute approximate surface area is 180 Å². The van der Waals surface area contributed by atoms with Crippen LogP contribution in [0.25, 0.3) is 0 Å². The summed E-state index contributed by atoms with van der Waals surface area (Å²) in [6.07, 6.45) is 3.47. The number of likely N-dealkylation sites (tertiary alicyclic amines) is 1. The van der Waals surface area contributed by atoms with Gasteiger partial charge >= 0.3 is 0 Å². The Morgan fingerprint density at radius 3 is 2.67 bits per heavy atom. The Bertz CT molecular complexity index is 737. The number of aryl methyl sites for hydroxylation is 1. The van der Waals surface area contributed by atoms with E-state index in [0.29, 0.717) is 13.1 Å². The average molecular weight is 417 g/mol. The number of amides is 3. The zero-order chi connectivity index (χ0) is 22.1. The average Bonchev–Trinajstić information content (AvgIpc) is 2.76. The number of likely N-dealkylation sites (N-methyl/N-ethyl adjacent to an activating group) is 1. The van der Waals surface area contributed by atoms with Crippen molar-refractivity contribution in [2.24, 2.45) is 5.92 Å². The molecule has 0 saturated carbocycles. The van der Waals surface area contributed by atoms with Crippen LogP contribution in [0.15, 0.2) is 24.3 Å². The zero-order valence-corrected chi connectivity index (χ0v) is 18.7. The van der Waals surface area contributed by atoms with Crippen LogP contribution in [0.2, 0.25) is 0 Å². The van der Waals surface area contributed by atoms with E-state index in [1.165, 1.54) is 4.90 Å². The third kappa shape index (κ3) is 6.55. The van der Waals surface area contributed by atoms with Gasteiger partial charge in [0.2, 0.25) is 17.7 Å². The summed E-state index contributed by atoms with van der Waals surface area (Å²) in [5.74, 6) is -0.332. The van der Waals surface area contributed by atoms with E-state index >= 15 is 0 Å². The molecule has 7 heteroatoms. The van der Waals surface area contributed by atoms with Crippen molar-refractivity contribution in [3.8, 4) is 0 Å². The van der Waals surface area contributed by atoms with Crippen LogP contribution in [0.4, 0.5) is 5.69 Å². The maximum Gasteiger partial charge on any atom is 0.243 e. The topological polar surface area (TPSA) is 81.8 Å². The quantitative estimate of drug-likeness (QED) is 0.647. The van der Waals surface area contributed by atoms with E-state index in [2.05, 4.69) is 15.5 Å². The van der Waals surface area contributed by atoms with Crippen LogP contribution in [0.3, 0.4) is 0 Å². The van der Waals surface area contributed by atoms with E-state index in [1.54, 1.807) is 7.05 Å². The molecule has 1 saturated heterocycles. The molecule has 0 radical (unpaired) electrons. The maximum absolute atomic E-state index is 12.9. The minimum Gasteiger partial charge on any atom is -0.356 e. The molecular formula is C23H36N4O3. The summed E-state index contributed by atoms with van der Waals surface area (Å²) in [5.41, 5.74) is 1.85. The van der Waals surface area contributed by atoms with E-state index in [0.717, 1.165) is 43.5 Å². The molecule has 1 aliphatic rings. The normalized spacial score (nSPS) is 17.8. The molecule has 0 unspecified atom stereocenters. The van der Waals surface area contributed by atoms with Gasteiger partial charge in [-0.15, -0.1) is 0 Å². The van der Waals surface area contributed by atoms with Crippen LogP contribution in [-0.4, -0.2) is 66.8 Å². The number of hydrogen-bond donors (Lipinski definition) is 2. The first-order chi connectivity index (χ1) is 14.4. The van der Waals surface area contributed by atoms with Gasteiger partial charge in [0.1, 0.15) is 0 Å². The molecule has 0 bridgehead atoms. The zero-order valence-electron chi connectivity index (χ0n) is 18.7. The van der Waals surface area contributed by atoms with Crippen molar-refractivity contribution in [3.05, 3.63) is 29.8 Å². The second kappa shape index (κ2) is 11.7. The molecule has 0 spiro atoms. The van der Waals surface area contributed by atoms with Crippen LogP contribution < -0.4 is 10.6 Å². The van der Waals surface area contributed by atoms with Crippen molar-refractivity contribution < 1.29 is 14.4 Å². The maximum atomic E-state index is 12.9. The lowest BCUT2D eigenvalue weighted by atomic mass is 9.95. The van der Waals surface area contributed by atoms with E-state index in [1.807, 2.05) is 45.0 Å². The minimum atomic E-state index is -0.368. The summed E-state index contributed by atoms with van der Waals surface area (Å²) >= 11 is 0. The summed E-state index contributed by atoms with van der Waals surface area (Å²) in [7, 11) is 1.65. The van der Waals surface area contributed by atoms with Crippen molar-refractivity contribution in [2.75, 3.05) is 38.5 Å². The molecule has 2 N–H and O–H groups in total. The third-order valence-corrected chi connectivity index (χ3v) is 5.71. The first kappa shape index (κ1) is 23.9. The van der Waals surface area contributed by atoms with Gasteiger partial charge in [0.05, 0.1) is 18.5 Å². The molecule has 2 atom stereocenters. The largest absolute Gasteiger partial charge is 0.356 e. The van der Waals surface area contributed by atoms with Crippen molar-refractivity contribution in [1.82, 2.24) is 15.1 Å². The number of benzene rings is 1. The number of nitrogens with zero attached hydrogens (tertiary/aromatic N) is 2. The monoisotopic (exact) mass is 416 g/mol. The molecule has 1 aromatic carbocycles. The summed E-state index contributed by atoms with van der Waals surface area (Å²) < 4.78 is 0. The fourth-order valence-corrected chi connectivity index (χ4v) is 3.87. The Kier molecular flexibility index (Phi) is 9.30. The molecule has 166 valence electrons. The SMILES string of the molecule is CCCNC(=O)[C@@H]1CCCN([C@@H](C)C(=O)N(C)CC(=O)Nc2ccccc2CC)C1. The molecule has 1 aromatic rings. The first-order valence-electron chi connectivity index (χ1n) is 11.0. The Hall–Kier alpha value is -2.41. The van der Waals surface area contributed by atoms with Crippen molar-refractivity contribution in [2.45, 2.75) is 52.5 Å². The summed E-state index contributed by atoms with van der Waals surface area (Å²) in [6.45, 7) is 7.96. The highest BCUT2D eigenvalue weighted by Gasteiger charge is 2.32. The number of para-hydroxylation sites is 1. The molecule has 1 fully saturated rings. The second-order valence-electron chi connectivity index (χ2n) is 8.05. The molecule has 1 heterocycles.